The molecule has 0 radical (unpaired) electrons. The van der Waals surface area contributed by atoms with Gasteiger partial charge in [-0.2, -0.15) is 0 Å². The number of anilines is 1. The molecule has 2 unspecified atom stereocenters. The van der Waals surface area contributed by atoms with E-state index in [9.17, 15) is 9.50 Å². The Labute approximate surface area is 102 Å². The van der Waals surface area contributed by atoms with E-state index in [4.69, 9.17) is 5.73 Å². The molecule has 96 valence electrons. The molecule has 4 heteroatoms. The summed E-state index contributed by atoms with van der Waals surface area (Å²) in [6.45, 7) is 5.50. The Bertz CT molecular complexity index is 393. The Balaban J connectivity index is 3.25. The molecule has 0 aliphatic heterocycles. The van der Waals surface area contributed by atoms with Gasteiger partial charge < -0.3 is 15.7 Å². The number of aryl methyl sites for hydroxylation is 1. The molecule has 0 amide bonds. The molecule has 3 nitrogen and oxygen atoms in total. The lowest BCUT2D eigenvalue weighted by Crippen LogP contribution is -2.33. The standard InChI is InChI=1S/C13H21FN2O/c1-8-5-13(16(4)9(2)7-17)11(10(3)15)6-12(8)14/h5-6,9-10,17H,7,15H2,1-4H3. The van der Waals surface area contributed by atoms with Crippen LogP contribution in [0.15, 0.2) is 12.1 Å². The van der Waals surface area contributed by atoms with Crippen LogP contribution in [0.5, 0.6) is 0 Å². The van der Waals surface area contributed by atoms with Gasteiger partial charge in [0.2, 0.25) is 0 Å². The Morgan fingerprint density at radius 3 is 2.47 bits per heavy atom. The molecule has 0 saturated heterocycles. The molecule has 1 aromatic carbocycles. The predicted octanol–water partition coefficient (Wildman–Crippen LogP) is 1.97. The lowest BCUT2D eigenvalue weighted by atomic mass is 10.0. The van der Waals surface area contributed by atoms with Crippen molar-refractivity contribution in [2.45, 2.75) is 32.9 Å². The largest absolute Gasteiger partial charge is 0.394 e. The van der Waals surface area contributed by atoms with Gasteiger partial charge in [-0.1, -0.05) is 0 Å². The van der Waals surface area contributed by atoms with Gasteiger partial charge in [0.25, 0.3) is 0 Å². The Kier molecular flexibility index (Phi) is 4.48. The van der Waals surface area contributed by atoms with Crippen molar-refractivity contribution in [2.24, 2.45) is 5.73 Å². The van der Waals surface area contributed by atoms with E-state index in [1.54, 1.807) is 13.0 Å². The van der Waals surface area contributed by atoms with Crippen molar-refractivity contribution >= 4 is 5.69 Å². The van der Waals surface area contributed by atoms with Crippen LogP contribution in [0.3, 0.4) is 0 Å². The fourth-order valence-corrected chi connectivity index (χ4v) is 1.71. The van der Waals surface area contributed by atoms with Crippen molar-refractivity contribution in [3.05, 3.63) is 29.1 Å². The molecule has 0 bridgehead atoms. The average Bonchev–Trinajstić information content (AvgIpc) is 2.29. The maximum atomic E-state index is 13.5. The zero-order chi connectivity index (χ0) is 13.2. The molecule has 17 heavy (non-hydrogen) atoms. The van der Waals surface area contributed by atoms with Crippen molar-refractivity contribution < 1.29 is 9.50 Å². The highest BCUT2D eigenvalue weighted by Crippen LogP contribution is 2.28. The molecule has 2 atom stereocenters. The summed E-state index contributed by atoms with van der Waals surface area (Å²) in [5.41, 5.74) is 8.08. The van der Waals surface area contributed by atoms with Crippen LogP contribution in [-0.2, 0) is 0 Å². The molecule has 0 heterocycles. The fraction of sp³-hybridized carbons (Fsp3) is 0.538. The minimum Gasteiger partial charge on any atom is -0.394 e. The molecule has 0 saturated carbocycles. The number of halogens is 1. The second kappa shape index (κ2) is 5.47. The molecule has 1 aromatic rings. The molecule has 0 spiro atoms. The summed E-state index contributed by atoms with van der Waals surface area (Å²) < 4.78 is 13.5. The number of likely N-dealkylation sites (N-methyl/N-ethyl adjacent to an activating group) is 1. The summed E-state index contributed by atoms with van der Waals surface area (Å²) in [5.74, 6) is -0.244. The first-order chi connectivity index (χ1) is 7.88. The first-order valence-electron chi connectivity index (χ1n) is 5.77. The number of nitrogens with zero attached hydrogens (tertiary/aromatic N) is 1. The van der Waals surface area contributed by atoms with Crippen LogP contribution in [0.4, 0.5) is 10.1 Å². The minimum atomic E-state index is -0.244. The van der Waals surface area contributed by atoms with Crippen molar-refractivity contribution in [1.29, 1.82) is 0 Å². The zero-order valence-corrected chi connectivity index (χ0v) is 10.9. The quantitative estimate of drug-likeness (QED) is 0.846. The monoisotopic (exact) mass is 240 g/mol. The lowest BCUT2D eigenvalue weighted by molar-refractivity contribution is 0.270. The molecule has 1 rings (SSSR count). The molecule has 3 N–H and O–H groups in total. The van der Waals surface area contributed by atoms with Crippen LogP contribution in [0, 0.1) is 12.7 Å². The van der Waals surface area contributed by atoms with Crippen LogP contribution < -0.4 is 10.6 Å². The van der Waals surface area contributed by atoms with Gasteiger partial charge in [-0.05, 0) is 44.0 Å². The van der Waals surface area contributed by atoms with Gasteiger partial charge in [0, 0.05) is 24.8 Å². The molecule has 0 aromatic heterocycles. The summed E-state index contributed by atoms with van der Waals surface area (Å²) in [6.07, 6.45) is 0. The van der Waals surface area contributed by atoms with Crippen LogP contribution in [0.2, 0.25) is 0 Å². The molecular weight excluding hydrogens is 219 g/mol. The average molecular weight is 240 g/mol. The maximum Gasteiger partial charge on any atom is 0.126 e. The first kappa shape index (κ1) is 13.9. The van der Waals surface area contributed by atoms with Gasteiger partial charge in [0.1, 0.15) is 5.82 Å². The predicted molar refractivity (Wildman–Crippen MR) is 68.7 cm³/mol. The SMILES string of the molecule is Cc1cc(N(C)C(C)CO)c(C(C)N)cc1F. The zero-order valence-electron chi connectivity index (χ0n) is 10.9. The van der Waals surface area contributed by atoms with E-state index in [1.807, 2.05) is 25.8 Å². The second-order valence-corrected chi connectivity index (χ2v) is 4.59. The van der Waals surface area contributed by atoms with E-state index in [0.717, 1.165) is 11.3 Å². The number of nitrogens with two attached hydrogens (primary N) is 1. The number of hydrogen-bond donors (Lipinski definition) is 2. The van der Waals surface area contributed by atoms with Gasteiger partial charge >= 0.3 is 0 Å². The second-order valence-electron chi connectivity index (χ2n) is 4.59. The van der Waals surface area contributed by atoms with E-state index >= 15 is 0 Å². The van der Waals surface area contributed by atoms with Gasteiger partial charge in [-0.15, -0.1) is 0 Å². The number of hydrogen-bond acceptors (Lipinski definition) is 3. The van der Waals surface area contributed by atoms with E-state index in [2.05, 4.69) is 0 Å². The van der Waals surface area contributed by atoms with Crippen molar-refractivity contribution in [3.63, 3.8) is 0 Å². The topological polar surface area (TPSA) is 49.5 Å². The van der Waals surface area contributed by atoms with E-state index in [-0.39, 0.29) is 24.5 Å². The number of aliphatic hydroxyl groups is 1. The van der Waals surface area contributed by atoms with Crippen molar-refractivity contribution in [1.82, 2.24) is 0 Å². The van der Waals surface area contributed by atoms with E-state index < -0.39 is 0 Å². The van der Waals surface area contributed by atoms with Crippen LogP contribution in [-0.4, -0.2) is 24.8 Å². The molecular formula is C13H21FN2O. The summed E-state index contributed by atoms with van der Waals surface area (Å²) in [6, 6.07) is 2.99. The highest BCUT2D eigenvalue weighted by Gasteiger charge is 2.17. The highest BCUT2D eigenvalue weighted by molar-refractivity contribution is 5.57. The first-order valence-corrected chi connectivity index (χ1v) is 5.77. The van der Waals surface area contributed by atoms with Crippen molar-refractivity contribution in [3.8, 4) is 0 Å². The van der Waals surface area contributed by atoms with Gasteiger partial charge in [0.15, 0.2) is 0 Å². The van der Waals surface area contributed by atoms with Gasteiger partial charge in [0.05, 0.1) is 6.61 Å². The molecule has 0 fully saturated rings. The summed E-state index contributed by atoms with van der Waals surface area (Å²) in [4.78, 5) is 1.92. The molecule has 0 aliphatic carbocycles. The highest BCUT2D eigenvalue weighted by atomic mass is 19.1. The number of benzene rings is 1. The summed E-state index contributed by atoms with van der Waals surface area (Å²) >= 11 is 0. The lowest BCUT2D eigenvalue weighted by Gasteiger charge is -2.29. The Hall–Kier alpha value is -1.13. The Morgan fingerprint density at radius 2 is 2.00 bits per heavy atom. The smallest absolute Gasteiger partial charge is 0.126 e. The van der Waals surface area contributed by atoms with Crippen LogP contribution >= 0.6 is 0 Å². The third-order valence-corrected chi connectivity index (χ3v) is 3.10. The maximum absolute atomic E-state index is 13.5. The third kappa shape index (κ3) is 2.96. The van der Waals surface area contributed by atoms with Gasteiger partial charge in [-0.3, -0.25) is 0 Å². The Morgan fingerprint density at radius 1 is 1.41 bits per heavy atom. The number of aliphatic hydroxyl groups excluding tert-OH is 1. The van der Waals surface area contributed by atoms with Gasteiger partial charge in [-0.25, -0.2) is 4.39 Å². The van der Waals surface area contributed by atoms with E-state index in [1.165, 1.54) is 6.07 Å². The van der Waals surface area contributed by atoms with Crippen LogP contribution in [0.1, 0.15) is 31.0 Å². The van der Waals surface area contributed by atoms with Crippen LogP contribution in [0.25, 0.3) is 0 Å². The fourth-order valence-electron chi connectivity index (χ4n) is 1.71. The normalized spacial score (nSPS) is 14.5. The van der Waals surface area contributed by atoms with E-state index in [0.29, 0.717) is 5.56 Å². The summed E-state index contributed by atoms with van der Waals surface area (Å²) in [5, 5.41) is 9.17. The molecule has 0 aliphatic rings. The minimum absolute atomic E-state index is 0.0302. The third-order valence-electron chi connectivity index (χ3n) is 3.10. The number of rotatable bonds is 4. The van der Waals surface area contributed by atoms with Crippen molar-refractivity contribution in [2.75, 3.05) is 18.6 Å². The summed E-state index contributed by atoms with van der Waals surface area (Å²) in [7, 11) is 1.87.